The van der Waals surface area contributed by atoms with E-state index >= 15 is 0 Å². The van der Waals surface area contributed by atoms with E-state index in [2.05, 4.69) is 68.9 Å². The minimum atomic E-state index is 0.0788. The van der Waals surface area contributed by atoms with E-state index < -0.39 is 0 Å². The summed E-state index contributed by atoms with van der Waals surface area (Å²) in [7, 11) is 0. The summed E-state index contributed by atoms with van der Waals surface area (Å²) >= 11 is 0. The van der Waals surface area contributed by atoms with Gasteiger partial charge in [0.1, 0.15) is 5.82 Å². The first-order chi connectivity index (χ1) is 17.2. The Balaban J connectivity index is 1.11. The van der Waals surface area contributed by atoms with Crippen LogP contribution in [0.15, 0.2) is 60.7 Å². The second-order valence-electron chi connectivity index (χ2n) is 10.2. The molecule has 1 saturated carbocycles. The van der Waals surface area contributed by atoms with Crippen molar-refractivity contribution in [2.45, 2.75) is 63.3 Å². The molecule has 6 heteroatoms. The number of aromatic nitrogens is 3. The van der Waals surface area contributed by atoms with Crippen molar-refractivity contribution < 1.29 is 4.79 Å². The number of hydrogen-bond donors (Lipinski definition) is 2. The minimum absolute atomic E-state index is 0.0788. The molecule has 2 aliphatic rings. The van der Waals surface area contributed by atoms with Crippen molar-refractivity contribution in [2.75, 3.05) is 19.6 Å². The molecule has 2 N–H and O–H groups in total. The summed E-state index contributed by atoms with van der Waals surface area (Å²) in [5.74, 6) is 3.12. The van der Waals surface area contributed by atoms with Gasteiger partial charge in [0.15, 0.2) is 5.82 Å². The minimum Gasteiger partial charge on any atom is -0.349 e. The van der Waals surface area contributed by atoms with Crippen molar-refractivity contribution >= 4 is 5.91 Å². The van der Waals surface area contributed by atoms with Crippen LogP contribution in [0.1, 0.15) is 79.7 Å². The number of nitrogens with one attached hydrogen (secondary N) is 2. The van der Waals surface area contributed by atoms with Crippen molar-refractivity contribution in [1.29, 1.82) is 0 Å². The summed E-state index contributed by atoms with van der Waals surface area (Å²) in [5, 5.41) is 11.0. The van der Waals surface area contributed by atoms with Crippen LogP contribution in [0, 0.1) is 5.92 Å². The third-order valence-corrected chi connectivity index (χ3v) is 7.69. The van der Waals surface area contributed by atoms with Crippen molar-refractivity contribution in [1.82, 2.24) is 25.4 Å². The van der Waals surface area contributed by atoms with Gasteiger partial charge in [0.25, 0.3) is 0 Å². The molecule has 1 amide bonds. The van der Waals surface area contributed by atoms with Gasteiger partial charge in [-0.3, -0.25) is 9.89 Å². The lowest BCUT2D eigenvalue weighted by atomic mass is 9.83. The number of H-pyrrole nitrogens is 1. The van der Waals surface area contributed by atoms with Crippen molar-refractivity contribution in [3.8, 4) is 0 Å². The average Bonchev–Trinajstić information content (AvgIpc) is 3.34. The highest BCUT2D eigenvalue weighted by Gasteiger charge is 2.26. The molecule has 0 bridgehead atoms. The zero-order chi connectivity index (χ0) is 23.9. The first-order valence-electron chi connectivity index (χ1n) is 13.2. The Labute approximate surface area is 208 Å². The molecule has 0 radical (unpaired) electrons. The Kier molecular flexibility index (Phi) is 7.89. The van der Waals surface area contributed by atoms with Gasteiger partial charge in [0.05, 0.1) is 6.04 Å². The molecule has 2 heterocycles. The zero-order valence-electron chi connectivity index (χ0n) is 20.5. The van der Waals surface area contributed by atoms with Gasteiger partial charge < -0.3 is 10.2 Å². The zero-order valence-corrected chi connectivity index (χ0v) is 20.5. The molecule has 6 nitrogen and oxygen atoms in total. The number of nitrogens with zero attached hydrogens (tertiary/aromatic N) is 3. The number of rotatable bonds is 10. The maximum absolute atomic E-state index is 12.7. The predicted molar refractivity (Wildman–Crippen MR) is 138 cm³/mol. The molecule has 1 aliphatic carbocycles. The van der Waals surface area contributed by atoms with Crippen LogP contribution in [-0.4, -0.2) is 45.6 Å². The maximum Gasteiger partial charge on any atom is 0.220 e. The lowest BCUT2D eigenvalue weighted by Crippen LogP contribution is -2.37. The third kappa shape index (κ3) is 6.57. The number of aromatic amines is 1. The van der Waals surface area contributed by atoms with E-state index in [9.17, 15) is 4.79 Å². The van der Waals surface area contributed by atoms with Crippen molar-refractivity contribution in [2.24, 2.45) is 5.92 Å². The fourth-order valence-electron chi connectivity index (χ4n) is 5.31. The summed E-state index contributed by atoms with van der Waals surface area (Å²) in [6.45, 7) is 3.08. The Morgan fingerprint density at radius 3 is 2.40 bits per heavy atom. The van der Waals surface area contributed by atoms with Gasteiger partial charge in [-0.15, -0.1) is 0 Å². The standard InChI is InChI=1S/C29H37N5O/c35-28(21-23-10-7-11-23)30-26(24-12-5-2-6-13-24)16-19-34-17-14-25(15-18-34)29-31-27(32-33-29)20-22-8-3-1-4-9-22/h1-6,8-9,12-13,23,25-26H,7,10-11,14-21H2,(H,30,35)(H,31,32,33). The molecule has 1 aromatic heterocycles. The first-order valence-corrected chi connectivity index (χ1v) is 13.2. The maximum atomic E-state index is 12.7. The summed E-state index contributed by atoms with van der Waals surface area (Å²) in [6, 6.07) is 20.9. The molecular weight excluding hydrogens is 434 g/mol. The van der Waals surface area contributed by atoms with Gasteiger partial charge in [-0.05, 0) is 62.2 Å². The number of likely N-dealkylation sites (tertiary alicyclic amines) is 1. The fourth-order valence-corrected chi connectivity index (χ4v) is 5.31. The van der Waals surface area contributed by atoms with E-state index in [4.69, 9.17) is 4.98 Å². The molecule has 2 fully saturated rings. The number of carbonyl (C=O) groups excluding carboxylic acids is 1. The van der Waals surface area contributed by atoms with Crippen LogP contribution in [0.4, 0.5) is 0 Å². The molecule has 2 aromatic carbocycles. The normalized spacial score (nSPS) is 18.2. The SMILES string of the molecule is O=C(CC1CCC1)NC(CCN1CCC(c2n[nH]c(Cc3ccccc3)n2)CC1)c1ccccc1. The van der Waals surface area contributed by atoms with E-state index in [0.29, 0.717) is 18.3 Å². The third-order valence-electron chi connectivity index (χ3n) is 7.69. The second-order valence-corrected chi connectivity index (χ2v) is 10.2. The van der Waals surface area contributed by atoms with Crippen molar-refractivity contribution in [3.05, 3.63) is 83.4 Å². The lowest BCUT2D eigenvalue weighted by Gasteiger charge is -2.32. The molecule has 184 valence electrons. The van der Waals surface area contributed by atoms with E-state index in [0.717, 1.165) is 57.0 Å². The van der Waals surface area contributed by atoms with Gasteiger partial charge in [-0.25, -0.2) is 4.98 Å². The Bertz CT molecular complexity index is 1050. The van der Waals surface area contributed by atoms with E-state index in [1.165, 1.54) is 30.4 Å². The Hall–Kier alpha value is -2.99. The van der Waals surface area contributed by atoms with E-state index in [1.807, 2.05) is 12.1 Å². The van der Waals surface area contributed by atoms with Crippen LogP contribution in [0.3, 0.4) is 0 Å². The molecule has 1 aliphatic heterocycles. The molecule has 1 unspecified atom stereocenters. The first kappa shape index (κ1) is 23.7. The summed E-state index contributed by atoms with van der Waals surface area (Å²) in [4.78, 5) is 20.0. The predicted octanol–water partition coefficient (Wildman–Crippen LogP) is 5.01. The highest BCUT2D eigenvalue weighted by Crippen LogP contribution is 2.30. The monoisotopic (exact) mass is 471 g/mol. The van der Waals surface area contributed by atoms with Crippen molar-refractivity contribution in [3.63, 3.8) is 0 Å². The van der Waals surface area contributed by atoms with Crippen LogP contribution < -0.4 is 5.32 Å². The van der Waals surface area contributed by atoms with Crippen LogP contribution in [0.2, 0.25) is 0 Å². The van der Waals surface area contributed by atoms with Gasteiger partial charge in [0, 0.05) is 25.3 Å². The molecule has 5 rings (SSSR count). The van der Waals surface area contributed by atoms with E-state index in [1.54, 1.807) is 0 Å². The largest absolute Gasteiger partial charge is 0.349 e. The highest BCUT2D eigenvalue weighted by molar-refractivity contribution is 5.76. The molecular formula is C29H37N5O. The number of benzene rings is 2. The highest BCUT2D eigenvalue weighted by atomic mass is 16.1. The van der Waals surface area contributed by atoms with E-state index in [-0.39, 0.29) is 11.9 Å². The molecule has 0 spiro atoms. The molecule has 35 heavy (non-hydrogen) atoms. The summed E-state index contributed by atoms with van der Waals surface area (Å²) in [5.41, 5.74) is 2.45. The van der Waals surface area contributed by atoms with Gasteiger partial charge in [0.2, 0.25) is 5.91 Å². The number of hydrogen-bond acceptors (Lipinski definition) is 4. The van der Waals surface area contributed by atoms with Gasteiger partial charge in [-0.2, -0.15) is 5.10 Å². The number of carbonyl (C=O) groups is 1. The van der Waals surface area contributed by atoms with Crippen LogP contribution in [-0.2, 0) is 11.2 Å². The second kappa shape index (κ2) is 11.6. The number of amides is 1. The summed E-state index contributed by atoms with van der Waals surface area (Å²) < 4.78 is 0. The van der Waals surface area contributed by atoms with Crippen LogP contribution in [0.25, 0.3) is 0 Å². The molecule has 3 aromatic rings. The smallest absolute Gasteiger partial charge is 0.220 e. The molecule has 1 atom stereocenters. The lowest BCUT2D eigenvalue weighted by molar-refractivity contribution is -0.123. The fraction of sp³-hybridized carbons (Fsp3) is 0.483. The number of piperidine rings is 1. The van der Waals surface area contributed by atoms with Gasteiger partial charge in [-0.1, -0.05) is 67.1 Å². The van der Waals surface area contributed by atoms with Gasteiger partial charge >= 0.3 is 0 Å². The molecule has 1 saturated heterocycles. The average molecular weight is 472 g/mol. The Morgan fingerprint density at radius 2 is 1.71 bits per heavy atom. The van der Waals surface area contributed by atoms with Crippen LogP contribution >= 0.6 is 0 Å². The summed E-state index contributed by atoms with van der Waals surface area (Å²) in [6.07, 6.45) is 8.25. The quantitative estimate of drug-likeness (QED) is 0.436. The topological polar surface area (TPSA) is 73.9 Å². The Morgan fingerprint density at radius 1 is 1.00 bits per heavy atom. The van der Waals surface area contributed by atoms with Crippen LogP contribution in [0.5, 0.6) is 0 Å².